The average molecular weight is 339 g/mol. The van der Waals surface area contributed by atoms with Crippen LogP contribution in [0, 0.1) is 0 Å². The molecule has 2 heterocycles. The van der Waals surface area contributed by atoms with E-state index in [2.05, 4.69) is 15.4 Å². The Balaban J connectivity index is 1.73. The third kappa shape index (κ3) is 3.19. The first-order chi connectivity index (χ1) is 11.4. The molecule has 2 amide bonds. The maximum absolute atomic E-state index is 13.1. The summed E-state index contributed by atoms with van der Waals surface area (Å²) in [6, 6.07) is 3.26. The van der Waals surface area contributed by atoms with Crippen LogP contribution in [-0.2, 0) is 19.1 Å². The van der Waals surface area contributed by atoms with Crippen molar-refractivity contribution in [3.05, 3.63) is 42.0 Å². The normalized spacial score (nSPS) is 15.2. The second kappa shape index (κ2) is 6.14. The minimum absolute atomic E-state index is 0.170. The van der Waals surface area contributed by atoms with Gasteiger partial charge in [0.05, 0.1) is 12.1 Å². The smallest absolute Gasteiger partial charge is 0.333 e. The van der Waals surface area contributed by atoms with E-state index in [9.17, 15) is 18.0 Å². The van der Waals surface area contributed by atoms with Gasteiger partial charge in [0.15, 0.2) is 0 Å². The number of rotatable bonds is 3. The summed E-state index contributed by atoms with van der Waals surface area (Å²) in [5.41, 5.74) is -0.190. The van der Waals surface area contributed by atoms with E-state index in [1.165, 1.54) is 23.6 Å². The van der Waals surface area contributed by atoms with E-state index < -0.39 is 17.8 Å². The number of hydrogen-bond donors (Lipinski definition) is 1. The first-order valence-corrected chi connectivity index (χ1v) is 7.46. The fourth-order valence-electron chi connectivity index (χ4n) is 2.85. The van der Waals surface area contributed by atoms with Crippen molar-refractivity contribution in [2.24, 2.45) is 0 Å². The Morgan fingerprint density at radius 3 is 2.88 bits per heavy atom. The minimum Gasteiger partial charge on any atom is -0.333 e. The van der Waals surface area contributed by atoms with Crippen LogP contribution in [0.25, 0.3) is 0 Å². The molecule has 6 nitrogen and oxygen atoms in total. The lowest BCUT2D eigenvalue weighted by Crippen LogP contribution is -2.44. The maximum Gasteiger partial charge on any atom is 0.416 e. The van der Waals surface area contributed by atoms with Crippen molar-refractivity contribution in [3.8, 4) is 0 Å². The summed E-state index contributed by atoms with van der Waals surface area (Å²) >= 11 is 0. The van der Waals surface area contributed by atoms with Gasteiger partial charge in [0.2, 0.25) is 0 Å². The van der Waals surface area contributed by atoms with Crippen LogP contribution < -0.4 is 10.2 Å². The monoisotopic (exact) mass is 339 g/mol. The molecule has 0 spiro atoms. The first-order valence-electron chi connectivity index (χ1n) is 7.46. The van der Waals surface area contributed by atoms with Gasteiger partial charge in [0, 0.05) is 18.3 Å². The van der Waals surface area contributed by atoms with Gasteiger partial charge < -0.3 is 5.32 Å². The van der Waals surface area contributed by atoms with Gasteiger partial charge in [0.1, 0.15) is 12.7 Å². The number of carbonyl (C=O) groups excluding carboxylic acids is 1. The number of amides is 2. The fourth-order valence-corrected chi connectivity index (χ4v) is 2.85. The van der Waals surface area contributed by atoms with Gasteiger partial charge in [-0.2, -0.15) is 18.3 Å². The standard InChI is InChI=1S/C15H16F3N5O/c1-10(7-22-9-19-8-20-22)21-14(24)23-6-5-11-12(15(16,17)18)3-2-4-13(11)23/h2-4,8-10H,5-7H2,1H3,(H,21,24)/t10-/m1/s1. The van der Waals surface area contributed by atoms with E-state index in [-0.39, 0.29) is 24.6 Å². The SMILES string of the molecule is C[C@H](Cn1cncn1)NC(=O)N1CCc2c1cccc2C(F)(F)F. The average Bonchev–Trinajstić information content (AvgIpc) is 3.14. The molecule has 128 valence electrons. The summed E-state index contributed by atoms with van der Waals surface area (Å²) in [6.07, 6.45) is -1.30. The molecule has 0 saturated carbocycles. The highest BCUT2D eigenvalue weighted by atomic mass is 19.4. The third-order valence-electron chi connectivity index (χ3n) is 3.88. The van der Waals surface area contributed by atoms with Gasteiger partial charge in [0.25, 0.3) is 0 Å². The van der Waals surface area contributed by atoms with Crippen molar-refractivity contribution >= 4 is 11.7 Å². The number of benzene rings is 1. The minimum atomic E-state index is -4.42. The molecule has 1 atom stereocenters. The van der Waals surface area contributed by atoms with Crippen LogP contribution in [0.5, 0.6) is 0 Å². The lowest BCUT2D eigenvalue weighted by Gasteiger charge is -2.22. The summed E-state index contributed by atoms with van der Waals surface area (Å²) in [5.74, 6) is 0. The molecule has 0 radical (unpaired) electrons. The summed E-state index contributed by atoms with van der Waals surface area (Å²) < 4.78 is 40.7. The van der Waals surface area contributed by atoms with E-state index in [0.717, 1.165) is 6.07 Å². The van der Waals surface area contributed by atoms with E-state index in [4.69, 9.17) is 0 Å². The molecule has 24 heavy (non-hydrogen) atoms. The summed E-state index contributed by atoms with van der Waals surface area (Å²) in [7, 11) is 0. The fraction of sp³-hybridized carbons (Fsp3) is 0.400. The topological polar surface area (TPSA) is 63.1 Å². The van der Waals surface area contributed by atoms with Crippen LogP contribution in [-0.4, -0.2) is 33.4 Å². The third-order valence-corrected chi connectivity index (χ3v) is 3.88. The van der Waals surface area contributed by atoms with Gasteiger partial charge in [-0.15, -0.1) is 0 Å². The maximum atomic E-state index is 13.1. The molecule has 3 rings (SSSR count). The Labute approximate surface area is 136 Å². The molecule has 0 unspecified atom stereocenters. The van der Waals surface area contributed by atoms with Crippen molar-refractivity contribution in [1.82, 2.24) is 20.1 Å². The molecule has 0 fully saturated rings. The number of nitrogens with one attached hydrogen (secondary N) is 1. The van der Waals surface area contributed by atoms with Crippen molar-refractivity contribution in [1.29, 1.82) is 0 Å². The van der Waals surface area contributed by atoms with Gasteiger partial charge in [-0.05, 0) is 31.0 Å². The zero-order valence-electron chi connectivity index (χ0n) is 12.9. The van der Waals surface area contributed by atoms with Gasteiger partial charge >= 0.3 is 12.2 Å². The van der Waals surface area contributed by atoms with Gasteiger partial charge in [-0.25, -0.2) is 9.78 Å². The number of halogens is 3. The van der Waals surface area contributed by atoms with E-state index in [1.807, 2.05) is 0 Å². The Morgan fingerprint density at radius 1 is 1.42 bits per heavy atom. The lowest BCUT2D eigenvalue weighted by molar-refractivity contribution is -0.138. The van der Waals surface area contributed by atoms with Crippen LogP contribution in [0.3, 0.4) is 0 Å². The lowest BCUT2D eigenvalue weighted by atomic mass is 10.0. The number of carbonyl (C=O) groups is 1. The zero-order chi connectivity index (χ0) is 17.3. The highest BCUT2D eigenvalue weighted by Gasteiger charge is 2.37. The molecule has 2 aromatic rings. The number of anilines is 1. The Hall–Kier alpha value is -2.58. The van der Waals surface area contributed by atoms with Crippen LogP contribution >= 0.6 is 0 Å². The molecule has 1 aliphatic heterocycles. The van der Waals surface area contributed by atoms with E-state index in [0.29, 0.717) is 12.2 Å². The molecule has 1 aromatic heterocycles. The molecular formula is C15H16F3N5O. The molecule has 9 heteroatoms. The number of urea groups is 1. The Morgan fingerprint density at radius 2 is 2.21 bits per heavy atom. The van der Waals surface area contributed by atoms with Gasteiger partial charge in [-0.3, -0.25) is 9.58 Å². The molecule has 0 bridgehead atoms. The molecule has 0 saturated heterocycles. The Bertz CT molecular complexity index is 729. The highest BCUT2D eigenvalue weighted by molar-refractivity contribution is 5.94. The number of fused-ring (bicyclic) bond motifs is 1. The number of nitrogens with zero attached hydrogens (tertiary/aromatic N) is 4. The second-order valence-corrected chi connectivity index (χ2v) is 5.67. The van der Waals surface area contributed by atoms with Crippen LogP contribution in [0.2, 0.25) is 0 Å². The summed E-state index contributed by atoms with van der Waals surface area (Å²) in [5, 5.41) is 6.73. The van der Waals surface area contributed by atoms with Crippen LogP contribution in [0.1, 0.15) is 18.1 Å². The second-order valence-electron chi connectivity index (χ2n) is 5.67. The molecular weight excluding hydrogens is 323 g/mol. The molecule has 0 aliphatic carbocycles. The highest BCUT2D eigenvalue weighted by Crippen LogP contribution is 2.39. The van der Waals surface area contributed by atoms with Crippen molar-refractivity contribution in [2.75, 3.05) is 11.4 Å². The largest absolute Gasteiger partial charge is 0.416 e. The van der Waals surface area contributed by atoms with Crippen molar-refractivity contribution in [2.45, 2.75) is 32.1 Å². The predicted molar refractivity (Wildman–Crippen MR) is 80.5 cm³/mol. The quantitative estimate of drug-likeness (QED) is 0.934. The van der Waals surface area contributed by atoms with Crippen LogP contribution in [0.15, 0.2) is 30.9 Å². The first kappa shape index (κ1) is 16.3. The van der Waals surface area contributed by atoms with E-state index >= 15 is 0 Å². The predicted octanol–water partition coefficient (Wildman–Crippen LogP) is 2.46. The number of aromatic nitrogens is 3. The summed E-state index contributed by atoms with van der Waals surface area (Å²) in [4.78, 5) is 17.6. The Kier molecular flexibility index (Phi) is 4.16. The summed E-state index contributed by atoms with van der Waals surface area (Å²) in [6.45, 7) is 2.45. The number of hydrogen-bond acceptors (Lipinski definition) is 3. The van der Waals surface area contributed by atoms with Crippen molar-refractivity contribution in [3.63, 3.8) is 0 Å². The molecule has 1 N–H and O–H groups in total. The van der Waals surface area contributed by atoms with E-state index in [1.54, 1.807) is 17.7 Å². The van der Waals surface area contributed by atoms with Gasteiger partial charge in [-0.1, -0.05) is 6.07 Å². The molecule has 1 aromatic carbocycles. The van der Waals surface area contributed by atoms with Crippen molar-refractivity contribution < 1.29 is 18.0 Å². The molecule has 1 aliphatic rings. The van der Waals surface area contributed by atoms with Crippen LogP contribution in [0.4, 0.5) is 23.7 Å². The zero-order valence-corrected chi connectivity index (χ0v) is 12.9. The number of alkyl halides is 3.